The van der Waals surface area contributed by atoms with Crippen molar-refractivity contribution in [3.8, 4) is 11.5 Å². The molecule has 0 aliphatic rings. The number of amides is 1. The summed E-state index contributed by atoms with van der Waals surface area (Å²) in [5.74, 6) is -0.234. The molecule has 0 aliphatic heterocycles. The number of carbonyl (C=O) groups excluding carboxylic acids is 2. The van der Waals surface area contributed by atoms with Crippen LogP contribution in [0.4, 0.5) is 10.1 Å². The van der Waals surface area contributed by atoms with Crippen LogP contribution in [0.3, 0.4) is 0 Å². The first-order valence-corrected chi connectivity index (χ1v) is 11.7. The predicted octanol–water partition coefficient (Wildman–Crippen LogP) is 6.39. The number of anilines is 1. The Kier molecular flexibility index (Phi) is 9.43. The van der Waals surface area contributed by atoms with E-state index < -0.39 is 5.97 Å². The van der Waals surface area contributed by atoms with Gasteiger partial charge in [-0.25, -0.2) is 9.18 Å². The summed E-state index contributed by atoms with van der Waals surface area (Å²) in [6.07, 6.45) is 3.75. The molecule has 6 nitrogen and oxygen atoms in total. The van der Waals surface area contributed by atoms with Crippen LogP contribution in [0.5, 0.6) is 11.5 Å². The first-order chi connectivity index (χ1) is 16.9. The lowest BCUT2D eigenvalue weighted by atomic mass is 10.1. The van der Waals surface area contributed by atoms with Gasteiger partial charge in [0, 0.05) is 17.3 Å². The van der Waals surface area contributed by atoms with E-state index in [9.17, 15) is 14.0 Å². The molecule has 0 heterocycles. The fourth-order valence-corrected chi connectivity index (χ4v) is 3.64. The molecule has 0 aromatic heterocycles. The molecular weight excluding hydrogens is 517 g/mol. The molecule has 0 saturated heterocycles. The van der Waals surface area contributed by atoms with Crippen molar-refractivity contribution >= 4 is 39.6 Å². The zero-order chi connectivity index (χ0) is 25.2. The number of hydrogen-bond donors (Lipinski definition) is 1. The molecular formula is C27H25BrFNO5. The fourth-order valence-electron chi connectivity index (χ4n) is 3.07. The predicted molar refractivity (Wildman–Crippen MR) is 136 cm³/mol. The number of rotatable bonds is 10. The molecule has 1 N–H and O–H groups in total. The van der Waals surface area contributed by atoms with Gasteiger partial charge in [-0.1, -0.05) is 25.1 Å². The first-order valence-electron chi connectivity index (χ1n) is 10.9. The van der Waals surface area contributed by atoms with Crippen LogP contribution in [-0.4, -0.2) is 25.6 Å². The summed E-state index contributed by atoms with van der Waals surface area (Å²) in [6, 6.07) is 16.3. The highest BCUT2D eigenvalue weighted by atomic mass is 79.9. The lowest BCUT2D eigenvalue weighted by molar-refractivity contribution is -0.111. The molecule has 0 fully saturated rings. The van der Waals surface area contributed by atoms with Crippen molar-refractivity contribution in [2.75, 3.05) is 19.0 Å². The zero-order valence-electron chi connectivity index (χ0n) is 19.3. The second-order valence-electron chi connectivity index (χ2n) is 7.45. The molecule has 3 aromatic carbocycles. The number of carbonyl (C=O) groups is 2. The summed E-state index contributed by atoms with van der Waals surface area (Å²) in [4.78, 5) is 24.2. The van der Waals surface area contributed by atoms with Gasteiger partial charge in [-0.3, -0.25) is 4.79 Å². The van der Waals surface area contributed by atoms with Crippen molar-refractivity contribution in [1.29, 1.82) is 0 Å². The van der Waals surface area contributed by atoms with E-state index in [0.29, 0.717) is 45.0 Å². The molecule has 182 valence electrons. The van der Waals surface area contributed by atoms with E-state index in [1.54, 1.807) is 60.7 Å². The van der Waals surface area contributed by atoms with Gasteiger partial charge in [-0.15, -0.1) is 0 Å². The van der Waals surface area contributed by atoms with Gasteiger partial charge in [-0.2, -0.15) is 0 Å². The highest BCUT2D eigenvalue weighted by molar-refractivity contribution is 9.10. The Bertz CT molecular complexity index is 1210. The molecule has 0 bridgehead atoms. The van der Waals surface area contributed by atoms with Gasteiger partial charge >= 0.3 is 5.97 Å². The SMILES string of the molecule is CCCOC(=O)c1ccc(NC(=O)/C=C/c2cc(Br)c(OCc3ccccc3F)c(OC)c2)cc1. The quantitative estimate of drug-likeness (QED) is 0.237. The van der Waals surface area contributed by atoms with Gasteiger partial charge in [0.25, 0.3) is 0 Å². The third kappa shape index (κ3) is 7.42. The smallest absolute Gasteiger partial charge is 0.338 e. The number of hydrogen-bond acceptors (Lipinski definition) is 5. The molecule has 0 radical (unpaired) electrons. The van der Waals surface area contributed by atoms with E-state index in [1.807, 2.05) is 6.92 Å². The van der Waals surface area contributed by atoms with Crippen LogP contribution < -0.4 is 14.8 Å². The van der Waals surface area contributed by atoms with E-state index in [1.165, 1.54) is 19.3 Å². The van der Waals surface area contributed by atoms with Crippen LogP contribution in [0.2, 0.25) is 0 Å². The fraction of sp³-hybridized carbons (Fsp3) is 0.185. The molecule has 1 amide bonds. The van der Waals surface area contributed by atoms with Crippen LogP contribution in [0.25, 0.3) is 6.08 Å². The van der Waals surface area contributed by atoms with Crippen LogP contribution in [0.15, 0.2) is 71.2 Å². The Morgan fingerprint density at radius 2 is 1.83 bits per heavy atom. The molecule has 8 heteroatoms. The van der Waals surface area contributed by atoms with Crippen molar-refractivity contribution in [3.05, 3.63) is 93.7 Å². The molecule has 3 aromatic rings. The minimum absolute atomic E-state index is 0.0361. The van der Waals surface area contributed by atoms with Gasteiger partial charge < -0.3 is 19.5 Å². The Balaban J connectivity index is 1.64. The maximum absolute atomic E-state index is 13.9. The van der Waals surface area contributed by atoms with Crippen molar-refractivity contribution < 1.29 is 28.2 Å². The second kappa shape index (κ2) is 12.7. The Labute approximate surface area is 211 Å². The maximum atomic E-state index is 13.9. The van der Waals surface area contributed by atoms with Crippen molar-refractivity contribution in [2.24, 2.45) is 0 Å². The average molecular weight is 542 g/mol. The Hall–Kier alpha value is -3.65. The molecule has 0 atom stereocenters. The van der Waals surface area contributed by atoms with E-state index in [4.69, 9.17) is 14.2 Å². The number of benzene rings is 3. The molecule has 35 heavy (non-hydrogen) atoms. The standard InChI is InChI=1S/C27H25BrFNO5/c1-3-14-34-27(32)19-9-11-21(12-10-19)30-25(31)13-8-18-15-22(28)26(24(16-18)33-2)35-17-20-6-4-5-7-23(20)29/h4-13,15-16H,3,14,17H2,1-2H3,(H,30,31)/b13-8+. The Morgan fingerprint density at radius 1 is 1.09 bits per heavy atom. The number of methoxy groups -OCH3 is 1. The highest BCUT2D eigenvalue weighted by Crippen LogP contribution is 2.37. The van der Waals surface area contributed by atoms with Crippen LogP contribution in [0.1, 0.15) is 34.8 Å². The normalized spacial score (nSPS) is 10.7. The van der Waals surface area contributed by atoms with Crippen LogP contribution in [0, 0.1) is 5.82 Å². The van der Waals surface area contributed by atoms with Gasteiger partial charge in [0.15, 0.2) is 11.5 Å². The number of esters is 1. The zero-order valence-corrected chi connectivity index (χ0v) is 20.9. The minimum atomic E-state index is -0.398. The largest absolute Gasteiger partial charge is 0.493 e. The maximum Gasteiger partial charge on any atom is 0.338 e. The summed E-state index contributed by atoms with van der Waals surface area (Å²) in [5, 5.41) is 2.74. The third-order valence-electron chi connectivity index (χ3n) is 4.83. The summed E-state index contributed by atoms with van der Waals surface area (Å²) < 4.78 is 30.8. The first kappa shape index (κ1) is 26.0. The minimum Gasteiger partial charge on any atom is -0.493 e. The van der Waals surface area contributed by atoms with Crippen molar-refractivity contribution in [2.45, 2.75) is 20.0 Å². The van der Waals surface area contributed by atoms with Crippen molar-refractivity contribution in [1.82, 2.24) is 0 Å². The second-order valence-corrected chi connectivity index (χ2v) is 8.30. The van der Waals surface area contributed by atoms with Crippen LogP contribution in [-0.2, 0) is 16.1 Å². The topological polar surface area (TPSA) is 73.9 Å². The van der Waals surface area contributed by atoms with Gasteiger partial charge in [0.2, 0.25) is 5.91 Å². The highest BCUT2D eigenvalue weighted by Gasteiger charge is 2.13. The molecule has 0 spiro atoms. The van der Waals surface area contributed by atoms with Gasteiger partial charge in [0.05, 0.1) is 23.8 Å². The molecule has 0 saturated carbocycles. The lowest BCUT2D eigenvalue weighted by Crippen LogP contribution is -2.09. The average Bonchev–Trinajstić information content (AvgIpc) is 2.86. The number of nitrogens with one attached hydrogen (secondary N) is 1. The van der Waals surface area contributed by atoms with E-state index >= 15 is 0 Å². The monoisotopic (exact) mass is 541 g/mol. The molecule has 3 rings (SSSR count). The van der Waals surface area contributed by atoms with E-state index in [-0.39, 0.29) is 18.3 Å². The number of ether oxygens (including phenoxy) is 3. The summed E-state index contributed by atoms with van der Waals surface area (Å²) in [5.41, 5.74) is 2.08. The van der Waals surface area contributed by atoms with Crippen molar-refractivity contribution in [3.63, 3.8) is 0 Å². The molecule has 0 unspecified atom stereocenters. The van der Waals surface area contributed by atoms with Gasteiger partial charge in [0.1, 0.15) is 12.4 Å². The lowest BCUT2D eigenvalue weighted by Gasteiger charge is -2.14. The summed E-state index contributed by atoms with van der Waals surface area (Å²) in [7, 11) is 1.50. The van der Waals surface area contributed by atoms with E-state index in [2.05, 4.69) is 21.2 Å². The Morgan fingerprint density at radius 3 is 2.51 bits per heavy atom. The third-order valence-corrected chi connectivity index (χ3v) is 5.42. The summed E-state index contributed by atoms with van der Waals surface area (Å²) in [6.45, 7) is 2.32. The molecule has 0 aliphatic carbocycles. The van der Waals surface area contributed by atoms with Crippen LogP contribution >= 0.6 is 15.9 Å². The van der Waals surface area contributed by atoms with Gasteiger partial charge in [-0.05, 0) is 76.5 Å². The van der Waals surface area contributed by atoms with E-state index in [0.717, 1.165) is 6.42 Å². The summed E-state index contributed by atoms with van der Waals surface area (Å²) >= 11 is 3.45. The number of halogens is 2.